The summed E-state index contributed by atoms with van der Waals surface area (Å²) in [6, 6.07) is 23.9. The lowest BCUT2D eigenvalue weighted by Gasteiger charge is -2.40. The molecule has 1 fully saturated rings. The van der Waals surface area contributed by atoms with Crippen LogP contribution in [0.5, 0.6) is 0 Å². The fourth-order valence-corrected chi connectivity index (χ4v) is 5.77. The van der Waals surface area contributed by atoms with E-state index in [-0.39, 0.29) is 17.9 Å². The van der Waals surface area contributed by atoms with Crippen LogP contribution >= 0.6 is 11.8 Å². The van der Waals surface area contributed by atoms with E-state index < -0.39 is 5.82 Å². The maximum absolute atomic E-state index is 13.6. The van der Waals surface area contributed by atoms with Gasteiger partial charge in [-0.2, -0.15) is 0 Å². The first-order chi connectivity index (χ1) is 19.4. The summed E-state index contributed by atoms with van der Waals surface area (Å²) in [5.41, 5.74) is 3.49. The number of carbonyl (C=O) groups excluding carboxylic acids is 2. The molecular weight excluding hydrogens is 525 g/mol. The minimum Gasteiger partial charge on any atom is -0.339 e. The first-order valence-electron chi connectivity index (χ1n) is 13.5. The zero-order valence-electron chi connectivity index (χ0n) is 22.7. The van der Waals surface area contributed by atoms with Crippen LogP contribution in [0.15, 0.2) is 84.0 Å². The van der Waals surface area contributed by atoms with Crippen molar-refractivity contribution in [1.29, 1.82) is 0 Å². The molecular formula is C31H32FN5O2S. The van der Waals surface area contributed by atoms with Crippen molar-refractivity contribution >= 4 is 23.6 Å². The van der Waals surface area contributed by atoms with Crippen LogP contribution in [0.2, 0.25) is 0 Å². The van der Waals surface area contributed by atoms with Crippen LogP contribution in [0.4, 0.5) is 4.39 Å². The summed E-state index contributed by atoms with van der Waals surface area (Å²) in [5, 5.41) is 9.76. The maximum atomic E-state index is 13.6. The first kappa shape index (κ1) is 27.6. The molecule has 1 atom stereocenters. The molecule has 0 aliphatic carbocycles. The predicted molar refractivity (Wildman–Crippen MR) is 155 cm³/mol. The Bertz CT molecular complexity index is 1470. The largest absolute Gasteiger partial charge is 0.339 e. The standard InChI is InChI=1S/C31H32FN5O2S/c1-22-13-15-27(16-14-22)37-29(24-8-4-3-5-9-24)33-34-31(37)40-19-7-12-28(38)35-17-18-36(23(2)21-35)30(39)25-10-6-11-26(32)20-25/h3-6,8-11,13-16,20,23H,7,12,17-19,21H2,1-2H3. The van der Waals surface area contributed by atoms with Crippen molar-refractivity contribution in [3.63, 3.8) is 0 Å². The van der Waals surface area contributed by atoms with E-state index in [2.05, 4.69) is 46.0 Å². The second-order valence-corrected chi connectivity index (χ2v) is 11.1. The Morgan fingerprint density at radius 2 is 1.75 bits per heavy atom. The second-order valence-electron chi connectivity index (χ2n) is 9.99. The molecule has 4 aromatic rings. The van der Waals surface area contributed by atoms with E-state index in [1.165, 1.54) is 23.8 Å². The van der Waals surface area contributed by atoms with Gasteiger partial charge in [0.25, 0.3) is 5.91 Å². The van der Waals surface area contributed by atoms with Gasteiger partial charge < -0.3 is 9.80 Å². The Labute approximate surface area is 238 Å². The molecule has 1 aliphatic rings. The van der Waals surface area contributed by atoms with Crippen molar-refractivity contribution in [2.45, 2.75) is 37.9 Å². The molecule has 1 saturated heterocycles. The number of rotatable bonds is 8. The van der Waals surface area contributed by atoms with Crippen molar-refractivity contribution in [2.24, 2.45) is 0 Å². The highest BCUT2D eigenvalue weighted by Gasteiger charge is 2.30. The molecule has 3 aromatic carbocycles. The first-order valence-corrected chi connectivity index (χ1v) is 14.4. The summed E-state index contributed by atoms with van der Waals surface area (Å²) in [7, 11) is 0. The minimum atomic E-state index is -0.432. The quantitative estimate of drug-likeness (QED) is 0.208. The summed E-state index contributed by atoms with van der Waals surface area (Å²) in [6.07, 6.45) is 1.11. The average molecular weight is 558 g/mol. The molecule has 1 unspecified atom stereocenters. The number of hydrogen-bond donors (Lipinski definition) is 0. The Morgan fingerprint density at radius 1 is 0.975 bits per heavy atom. The third kappa shape index (κ3) is 6.25. The van der Waals surface area contributed by atoms with Crippen molar-refractivity contribution in [3.05, 3.63) is 95.8 Å². The van der Waals surface area contributed by atoms with Gasteiger partial charge >= 0.3 is 0 Å². The molecule has 9 heteroatoms. The number of nitrogens with zero attached hydrogens (tertiary/aromatic N) is 5. The summed E-state index contributed by atoms with van der Waals surface area (Å²) in [6.45, 7) is 5.35. The molecule has 0 N–H and O–H groups in total. The van der Waals surface area contributed by atoms with Crippen molar-refractivity contribution in [3.8, 4) is 17.1 Å². The molecule has 0 spiro atoms. The van der Waals surface area contributed by atoms with E-state index in [9.17, 15) is 14.0 Å². The Morgan fingerprint density at radius 3 is 2.48 bits per heavy atom. The van der Waals surface area contributed by atoms with Gasteiger partial charge in [-0.1, -0.05) is 65.9 Å². The van der Waals surface area contributed by atoms with Gasteiger partial charge in [-0.15, -0.1) is 10.2 Å². The Hall–Kier alpha value is -3.98. The lowest BCUT2D eigenvalue weighted by molar-refractivity contribution is -0.133. The summed E-state index contributed by atoms with van der Waals surface area (Å²) >= 11 is 1.59. The van der Waals surface area contributed by atoms with E-state index in [0.717, 1.165) is 28.0 Å². The van der Waals surface area contributed by atoms with Crippen LogP contribution in [0.3, 0.4) is 0 Å². The number of halogens is 1. The van der Waals surface area contributed by atoms with Crippen LogP contribution in [-0.2, 0) is 4.79 Å². The maximum Gasteiger partial charge on any atom is 0.254 e. The summed E-state index contributed by atoms with van der Waals surface area (Å²) in [5.74, 6) is 0.942. The number of hydrogen-bond acceptors (Lipinski definition) is 5. The van der Waals surface area contributed by atoms with Crippen molar-refractivity contribution < 1.29 is 14.0 Å². The highest BCUT2D eigenvalue weighted by atomic mass is 32.2. The van der Waals surface area contributed by atoms with Gasteiger partial charge in [0.2, 0.25) is 5.91 Å². The van der Waals surface area contributed by atoms with Gasteiger partial charge in [0.05, 0.1) is 0 Å². The van der Waals surface area contributed by atoms with E-state index in [4.69, 9.17) is 0 Å². The molecule has 7 nitrogen and oxygen atoms in total. The predicted octanol–water partition coefficient (Wildman–Crippen LogP) is 5.63. The second kappa shape index (κ2) is 12.5. The number of aryl methyl sites for hydroxylation is 1. The molecule has 0 saturated carbocycles. The number of thioether (sulfide) groups is 1. The fraction of sp³-hybridized carbons (Fsp3) is 0.290. The van der Waals surface area contributed by atoms with Crippen LogP contribution in [0, 0.1) is 12.7 Å². The number of amides is 2. The van der Waals surface area contributed by atoms with E-state index >= 15 is 0 Å². The monoisotopic (exact) mass is 557 g/mol. The number of aromatic nitrogens is 3. The van der Waals surface area contributed by atoms with Gasteiger partial charge in [0.1, 0.15) is 5.82 Å². The number of benzene rings is 3. The number of carbonyl (C=O) groups is 2. The summed E-state index contributed by atoms with van der Waals surface area (Å²) < 4.78 is 15.7. The zero-order valence-corrected chi connectivity index (χ0v) is 23.5. The summed E-state index contributed by atoms with van der Waals surface area (Å²) in [4.78, 5) is 29.4. The van der Waals surface area contributed by atoms with Crippen LogP contribution in [-0.4, -0.2) is 67.8 Å². The van der Waals surface area contributed by atoms with E-state index in [1.807, 2.05) is 42.2 Å². The van der Waals surface area contributed by atoms with Gasteiger partial charge in [-0.3, -0.25) is 14.2 Å². The van der Waals surface area contributed by atoms with E-state index in [1.54, 1.807) is 22.7 Å². The molecule has 206 valence electrons. The lowest BCUT2D eigenvalue weighted by atomic mass is 10.1. The molecule has 5 rings (SSSR count). The molecule has 40 heavy (non-hydrogen) atoms. The highest BCUT2D eigenvalue weighted by Crippen LogP contribution is 2.29. The molecule has 1 aliphatic heterocycles. The van der Waals surface area contributed by atoms with Gasteiger partial charge in [-0.05, 0) is 50.6 Å². The van der Waals surface area contributed by atoms with Gasteiger partial charge in [0, 0.05) is 54.7 Å². The Balaban J connectivity index is 1.17. The third-order valence-electron chi connectivity index (χ3n) is 7.04. The van der Waals surface area contributed by atoms with Crippen LogP contribution in [0.25, 0.3) is 17.1 Å². The number of piperazine rings is 1. The van der Waals surface area contributed by atoms with E-state index in [0.29, 0.717) is 38.0 Å². The molecule has 0 bridgehead atoms. The average Bonchev–Trinajstić information content (AvgIpc) is 3.39. The SMILES string of the molecule is Cc1ccc(-n2c(SCCCC(=O)N3CCN(C(=O)c4cccc(F)c4)C(C)C3)nnc2-c2ccccc2)cc1. The van der Waals surface area contributed by atoms with Crippen molar-refractivity contribution in [1.82, 2.24) is 24.6 Å². The van der Waals surface area contributed by atoms with Crippen molar-refractivity contribution in [2.75, 3.05) is 25.4 Å². The normalized spacial score (nSPS) is 15.3. The topological polar surface area (TPSA) is 71.3 Å². The van der Waals surface area contributed by atoms with Gasteiger partial charge in [0.15, 0.2) is 11.0 Å². The highest BCUT2D eigenvalue weighted by molar-refractivity contribution is 7.99. The van der Waals surface area contributed by atoms with Gasteiger partial charge in [-0.25, -0.2) is 4.39 Å². The van der Waals surface area contributed by atoms with Crippen LogP contribution < -0.4 is 0 Å². The fourth-order valence-electron chi connectivity index (χ4n) is 4.88. The molecule has 2 heterocycles. The minimum absolute atomic E-state index is 0.0790. The molecule has 0 radical (unpaired) electrons. The third-order valence-corrected chi connectivity index (χ3v) is 8.05. The zero-order chi connectivity index (χ0) is 28.1. The molecule has 2 amide bonds. The Kier molecular flexibility index (Phi) is 8.60. The van der Waals surface area contributed by atoms with Crippen LogP contribution in [0.1, 0.15) is 35.7 Å². The smallest absolute Gasteiger partial charge is 0.254 e. The molecule has 1 aromatic heterocycles. The lowest BCUT2D eigenvalue weighted by Crippen LogP contribution is -2.55.